The molecule has 182 valence electrons. The number of hydrogen-bond acceptors (Lipinski definition) is 5. The van der Waals surface area contributed by atoms with Crippen molar-refractivity contribution in [1.82, 2.24) is 20.2 Å². The number of fused-ring (bicyclic) bond motifs is 1. The zero-order valence-electron chi connectivity index (χ0n) is 19.4. The Morgan fingerprint density at radius 3 is 2.46 bits per heavy atom. The zero-order chi connectivity index (χ0) is 24.5. The number of piperazine rings is 1. The highest BCUT2D eigenvalue weighted by atomic mass is 19.1. The SMILES string of the molecule is CC(F)CN1CCN(c2ccc(Cc3cc(-c4c(F)cccc4F)nc4c3C(=O)NC4)nc2)CC1. The first-order valence-electron chi connectivity index (χ1n) is 11.7. The smallest absolute Gasteiger partial charge is 0.253 e. The number of hydrogen-bond donors (Lipinski definition) is 1. The zero-order valence-corrected chi connectivity index (χ0v) is 19.4. The number of carbonyl (C=O) groups is 1. The number of halogens is 3. The van der Waals surface area contributed by atoms with Gasteiger partial charge in [0.05, 0.1) is 40.9 Å². The summed E-state index contributed by atoms with van der Waals surface area (Å²) in [5.74, 6) is -1.66. The lowest BCUT2D eigenvalue weighted by molar-refractivity contribution is 0.0965. The molecule has 0 radical (unpaired) electrons. The minimum Gasteiger partial charge on any atom is -0.368 e. The Hall–Kier alpha value is -3.46. The molecule has 9 heteroatoms. The predicted octanol–water partition coefficient (Wildman–Crippen LogP) is 3.74. The molecule has 5 rings (SSSR count). The number of carbonyl (C=O) groups excluding carboxylic acids is 1. The maximum absolute atomic E-state index is 14.4. The van der Waals surface area contributed by atoms with E-state index in [4.69, 9.17) is 0 Å². The first-order valence-corrected chi connectivity index (χ1v) is 11.7. The van der Waals surface area contributed by atoms with E-state index in [9.17, 15) is 18.0 Å². The third kappa shape index (κ3) is 4.86. The van der Waals surface area contributed by atoms with Gasteiger partial charge in [-0.2, -0.15) is 0 Å². The fraction of sp³-hybridized carbons (Fsp3) is 0.346. The van der Waals surface area contributed by atoms with Gasteiger partial charge in [0.25, 0.3) is 5.91 Å². The summed E-state index contributed by atoms with van der Waals surface area (Å²) in [6.07, 6.45) is 1.28. The number of anilines is 1. The number of nitrogens with zero attached hydrogens (tertiary/aromatic N) is 4. The van der Waals surface area contributed by atoms with Crippen molar-refractivity contribution in [2.75, 3.05) is 37.6 Å². The monoisotopic (exact) mass is 481 g/mol. The summed E-state index contributed by atoms with van der Waals surface area (Å²) in [4.78, 5) is 25.8. The van der Waals surface area contributed by atoms with Crippen molar-refractivity contribution in [3.8, 4) is 11.3 Å². The van der Waals surface area contributed by atoms with E-state index in [1.807, 2.05) is 12.1 Å². The van der Waals surface area contributed by atoms with Gasteiger partial charge in [-0.3, -0.25) is 14.7 Å². The number of nitrogens with one attached hydrogen (secondary N) is 1. The molecule has 1 unspecified atom stereocenters. The normalized spacial score (nSPS) is 16.8. The molecule has 0 saturated carbocycles. The van der Waals surface area contributed by atoms with Crippen molar-refractivity contribution in [3.05, 3.63) is 76.7 Å². The van der Waals surface area contributed by atoms with Gasteiger partial charge >= 0.3 is 0 Å². The van der Waals surface area contributed by atoms with Gasteiger partial charge in [-0.05, 0) is 42.8 Å². The highest BCUT2D eigenvalue weighted by molar-refractivity contribution is 5.99. The summed E-state index contributed by atoms with van der Waals surface area (Å²) in [6, 6.07) is 9.14. The topological polar surface area (TPSA) is 61.4 Å². The molecule has 4 heterocycles. The molecule has 1 saturated heterocycles. The quantitative estimate of drug-likeness (QED) is 0.581. The summed E-state index contributed by atoms with van der Waals surface area (Å²) < 4.78 is 42.1. The van der Waals surface area contributed by atoms with E-state index < -0.39 is 17.8 Å². The minimum absolute atomic E-state index is 0.155. The molecule has 2 aromatic heterocycles. The molecule has 2 aliphatic rings. The van der Waals surface area contributed by atoms with Crippen LogP contribution in [0.3, 0.4) is 0 Å². The van der Waals surface area contributed by atoms with Crippen molar-refractivity contribution in [1.29, 1.82) is 0 Å². The van der Waals surface area contributed by atoms with Crippen LogP contribution < -0.4 is 10.2 Å². The lowest BCUT2D eigenvalue weighted by atomic mass is 9.98. The summed E-state index contributed by atoms with van der Waals surface area (Å²) in [7, 11) is 0. The second kappa shape index (κ2) is 9.65. The summed E-state index contributed by atoms with van der Waals surface area (Å²) in [5, 5.41) is 2.74. The van der Waals surface area contributed by atoms with Crippen molar-refractivity contribution < 1.29 is 18.0 Å². The first-order chi connectivity index (χ1) is 16.9. The fourth-order valence-corrected chi connectivity index (χ4v) is 4.77. The molecular weight excluding hydrogens is 455 g/mol. The van der Waals surface area contributed by atoms with Crippen LogP contribution >= 0.6 is 0 Å². The Morgan fingerprint density at radius 1 is 1.06 bits per heavy atom. The van der Waals surface area contributed by atoms with Crippen LogP contribution in [0.1, 0.15) is 34.2 Å². The lowest BCUT2D eigenvalue weighted by Gasteiger charge is -2.36. The summed E-state index contributed by atoms with van der Waals surface area (Å²) in [5.41, 5.74) is 3.19. The van der Waals surface area contributed by atoms with E-state index in [1.165, 1.54) is 18.2 Å². The van der Waals surface area contributed by atoms with E-state index in [1.54, 1.807) is 19.2 Å². The van der Waals surface area contributed by atoms with Crippen LogP contribution in [0.15, 0.2) is 42.6 Å². The second-order valence-electron chi connectivity index (χ2n) is 9.02. The average Bonchev–Trinajstić information content (AvgIpc) is 3.21. The van der Waals surface area contributed by atoms with Gasteiger partial charge in [0, 0.05) is 44.8 Å². The van der Waals surface area contributed by atoms with Crippen molar-refractivity contribution >= 4 is 11.6 Å². The summed E-state index contributed by atoms with van der Waals surface area (Å²) in [6.45, 7) is 5.42. The van der Waals surface area contributed by atoms with E-state index in [2.05, 4.69) is 25.1 Å². The molecular formula is C26H26F3N5O. The second-order valence-corrected chi connectivity index (χ2v) is 9.02. The first kappa shape index (κ1) is 23.3. The van der Waals surface area contributed by atoms with Crippen molar-refractivity contribution in [2.45, 2.75) is 26.1 Å². The van der Waals surface area contributed by atoms with Crippen LogP contribution in [0.25, 0.3) is 11.3 Å². The van der Waals surface area contributed by atoms with E-state index in [0.29, 0.717) is 29.8 Å². The molecule has 1 amide bonds. The van der Waals surface area contributed by atoms with Gasteiger partial charge in [0.15, 0.2) is 0 Å². The molecule has 0 aliphatic carbocycles. The van der Waals surface area contributed by atoms with Crippen LogP contribution in [0.4, 0.5) is 18.9 Å². The fourth-order valence-electron chi connectivity index (χ4n) is 4.77. The van der Waals surface area contributed by atoms with Gasteiger partial charge in [0.1, 0.15) is 17.8 Å². The number of aromatic nitrogens is 2. The lowest BCUT2D eigenvalue weighted by Crippen LogP contribution is -2.47. The molecule has 1 atom stereocenters. The number of benzene rings is 1. The Bertz CT molecular complexity index is 1220. The molecule has 2 aliphatic heterocycles. The Kier molecular flexibility index (Phi) is 6.42. The molecule has 1 fully saturated rings. The highest BCUT2D eigenvalue weighted by Crippen LogP contribution is 2.30. The van der Waals surface area contributed by atoms with Crippen LogP contribution in [-0.4, -0.2) is 59.7 Å². The maximum Gasteiger partial charge on any atom is 0.253 e. The largest absolute Gasteiger partial charge is 0.368 e. The van der Waals surface area contributed by atoms with Crippen LogP contribution in [0, 0.1) is 11.6 Å². The molecule has 1 aromatic carbocycles. The number of amides is 1. The number of pyridine rings is 2. The van der Waals surface area contributed by atoms with Gasteiger partial charge < -0.3 is 10.2 Å². The number of alkyl halides is 1. The third-order valence-electron chi connectivity index (χ3n) is 6.47. The Morgan fingerprint density at radius 2 is 1.80 bits per heavy atom. The van der Waals surface area contributed by atoms with Crippen molar-refractivity contribution in [3.63, 3.8) is 0 Å². The van der Waals surface area contributed by atoms with Crippen LogP contribution in [0.2, 0.25) is 0 Å². The van der Waals surface area contributed by atoms with Crippen LogP contribution in [-0.2, 0) is 13.0 Å². The molecule has 0 bridgehead atoms. The number of rotatable bonds is 6. The van der Waals surface area contributed by atoms with E-state index in [0.717, 1.165) is 37.6 Å². The van der Waals surface area contributed by atoms with Crippen LogP contribution in [0.5, 0.6) is 0 Å². The predicted molar refractivity (Wildman–Crippen MR) is 127 cm³/mol. The summed E-state index contributed by atoms with van der Waals surface area (Å²) >= 11 is 0. The van der Waals surface area contributed by atoms with E-state index in [-0.39, 0.29) is 23.7 Å². The van der Waals surface area contributed by atoms with Crippen molar-refractivity contribution in [2.24, 2.45) is 0 Å². The molecule has 6 nitrogen and oxygen atoms in total. The minimum atomic E-state index is -0.838. The molecule has 3 aromatic rings. The molecule has 0 spiro atoms. The van der Waals surface area contributed by atoms with E-state index >= 15 is 0 Å². The van der Waals surface area contributed by atoms with Gasteiger partial charge in [0.2, 0.25) is 0 Å². The van der Waals surface area contributed by atoms with Gasteiger partial charge in [-0.15, -0.1) is 0 Å². The molecule has 1 N–H and O–H groups in total. The Labute approximate surface area is 201 Å². The standard InChI is InChI=1S/C26H26F3N5O/c1-16(27)15-33-7-9-34(10-8-33)19-6-5-18(30-13-19)11-17-12-22(25-20(28)3-2-4-21(25)29)32-23-14-31-26(35)24(17)23/h2-6,12-13,16H,7-11,14-15H2,1H3,(H,31,35). The average molecular weight is 482 g/mol. The highest BCUT2D eigenvalue weighted by Gasteiger charge is 2.27. The third-order valence-corrected chi connectivity index (χ3v) is 6.47. The Balaban J connectivity index is 1.38. The molecule has 35 heavy (non-hydrogen) atoms. The van der Waals surface area contributed by atoms with Gasteiger partial charge in [-0.1, -0.05) is 6.07 Å². The van der Waals surface area contributed by atoms with Gasteiger partial charge in [-0.25, -0.2) is 18.2 Å². The maximum atomic E-state index is 14.4.